The summed E-state index contributed by atoms with van der Waals surface area (Å²) in [6.45, 7) is 0.355. The van der Waals surface area contributed by atoms with Gasteiger partial charge in [-0.25, -0.2) is 9.59 Å². The Bertz CT molecular complexity index is 897. The number of anilines is 1. The lowest BCUT2D eigenvalue weighted by Gasteiger charge is -2.17. The largest absolute Gasteiger partial charge is 0.481 e. The van der Waals surface area contributed by atoms with Gasteiger partial charge in [0.05, 0.1) is 29.4 Å². The Labute approximate surface area is 197 Å². The minimum absolute atomic E-state index is 0.203. The second-order valence-corrected chi connectivity index (χ2v) is 7.73. The molecular formula is C20H22IN3O8. The van der Waals surface area contributed by atoms with Crippen LogP contribution in [0.25, 0.3) is 0 Å². The number of carbonyl (C=O) groups is 5. The lowest BCUT2D eigenvalue weighted by atomic mass is 10.1. The summed E-state index contributed by atoms with van der Waals surface area (Å²) in [5.74, 6) is -2.94. The lowest BCUT2D eigenvalue weighted by Crippen LogP contribution is -2.44. The van der Waals surface area contributed by atoms with E-state index in [1.165, 1.54) is 12.1 Å². The summed E-state index contributed by atoms with van der Waals surface area (Å²) in [7, 11) is 0. The molecule has 1 aromatic carbocycles. The van der Waals surface area contributed by atoms with Crippen LogP contribution in [0, 0.1) is 12.3 Å². The number of carbonyl (C=O) groups excluding carboxylic acids is 2. The molecule has 0 saturated heterocycles. The smallest absolute Gasteiger partial charge is 0.326 e. The van der Waals surface area contributed by atoms with Crippen molar-refractivity contribution in [2.45, 2.75) is 37.8 Å². The van der Waals surface area contributed by atoms with E-state index in [0.717, 1.165) is 5.69 Å². The van der Waals surface area contributed by atoms with E-state index in [4.69, 9.17) is 16.6 Å². The molecule has 5 N–H and O–H groups in total. The Kier molecular flexibility index (Phi) is 11.0. The van der Waals surface area contributed by atoms with E-state index in [1.54, 1.807) is 15.2 Å². The molecule has 12 heteroatoms. The Morgan fingerprint density at radius 1 is 0.938 bits per heavy atom. The third kappa shape index (κ3) is 9.21. The van der Waals surface area contributed by atoms with Crippen LogP contribution in [0.3, 0.4) is 0 Å². The molecule has 1 aromatic rings. The second-order valence-electron chi connectivity index (χ2n) is 6.56. The summed E-state index contributed by atoms with van der Waals surface area (Å²) in [4.78, 5) is 57.5. The van der Waals surface area contributed by atoms with Crippen molar-refractivity contribution < 1.29 is 39.3 Å². The monoisotopic (exact) mass is 559 g/mol. The highest BCUT2D eigenvalue weighted by Crippen LogP contribution is 2.18. The first-order chi connectivity index (χ1) is 15.0. The van der Waals surface area contributed by atoms with Crippen molar-refractivity contribution in [1.82, 2.24) is 10.6 Å². The number of amides is 2. The van der Waals surface area contributed by atoms with Crippen molar-refractivity contribution in [1.29, 1.82) is 0 Å². The fraction of sp³-hybridized carbons (Fsp3) is 0.350. The van der Waals surface area contributed by atoms with Crippen LogP contribution in [0.4, 0.5) is 5.69 Å². The fourth-order valence-corrected chi connectivity index (χ4v) is 3.03. The molecule has 32 heavy (non-hydrogen) atoms. The molecule has 2 atom stereocenters. The molecule has 0 aliphatic rings. The van der Waals surface area contributed by atoms with E-state index >= 15 is 0 Å². The number of hydrogen-bond donors (Lipinski definition) is 5. The molecular weight excluding hydrogens is 537 g/mol. The zero-order chi connectivity index (χ0) is 24.3. The van der Waals surface area contributed by atoms with Gasteiger partial charge in [0.15, 0.2) is 0 Å². The van der Waals surface area contributed by atoms with Crippen LogP contribution in [0.1, 0.15) is 36.0 Å². The number of nitrogens with zero attached hydrogens (tertiary/aromatic N) is 1. The van der Waals surface area contributed by atoms with Crippen LogP contribution in [0.5, 0.6) is 0 Å². The van der Waals surface area contributed by atoms with E-state index in [-0.39, 0.29) is 24.8 Å². The van der Waals surface area contributed by atoms with Crippen molar-refractivity contribution >= 4 is 58.3 Å². The molecule has 11 nitrogen and oxygen atoms in total. The van der Waals surface area contributed by atoms with Gasteiger partial charge in [0.25, 0.3) is 5.91 Å². The molecule has 0 bridgehead atoms. The predicted molar refractivity (Wildman–Crippen MR) is 121 cm³/mol. The van der Waals surface area contributed by atoms with Gasteiger partial charge in [-0.1, -0.05) is 5.92 Å². The van der Waals surface area contributed by atoms with Crippen LogP contribution < -0.4 is 13.7 Å². The number of carboxylic acids is 3. The molecule has 0 aliphatic carbocycles. The molecule has 0 unspecified atom stereocenters. The molecule has 0 heterocycles. The van der Waals surface area contributed by atoms with Crippen LogP contribution in [0.2, 0.25) is 0 Å². The Hall–Kier alpha value is -3.34. The molecule has 0 spiro atoms. The molecule has 2 amide bonds. The van der Waals surface area contributed by atoms with E-state index < -0.39 is 48.2 Å². The third-order valence-corrected chi connectivity index (χ3v) is 5.08. The Balaban J connectivity index is 2.68. The van der Waals surface area contributed by atoms with Crippen molar-refractivity contribution in [2.24, 2.45) is 0 Å². The van der Waals surface area contributed by atoms with Gasteiger partial charge in [-0.15, -0.1) is 6.42 Å². The predicted octanol–water partition coefficient (Wildman–Crippen LogP) is 0.874. The highest BCUT2D eigenvalue weighted by Gasteiger charge is 2.24. The summed E-state index contributed by atoms with van der Waals surface area (Å²) in [5, 5.41) is 31.5. The maximum Gasteiger partial charge on any atom is 0.326 e. The standard InChI is InChI=1S/C20H22IN3O8/c1-2-11-24(21)13-5-3-12(4-6-13)18(28)23-15(20(31)32)7-9-16(25)22-14(19(29)30)8-10-17(26)27/h1,3-6,14-15H,7-11H2,(H,22,25)(H,23,28)(H,26,27)(H,29,30)(H,31,32)/t14-,15+/m1/s1. The number of aliphatic carboxylic acids is 3. The van der Waals surface area contributed by atoms with Crippen LogP contribution >= 0.6 is 22.9 Å². The zero-order valence-electron chi connectivity index (χ0n) is 16.8. The molecule has 0 radical (unpaired) electrons. The summed E-state index contributed by atoms with van der Waals surface area (Å²) < 4.78 is 1.75. The van der Waals surface area contributed by atoms with Crippen molar-refractivity contribution in [3.8, 4) is 12.3 Å². The van der Waals surface area contributed by atoms with Gasteiger partial charge in [-0.2, -0.15) is 0 Å². The fourth-order valence-electron chi connectivity index (χ4n) is 2.51. The van der Waals surface area contributed by atoms with Gasteiger partial charge in [0, 0.05) is 24.1 Å². The molecule has 1 rings (SSSR count). The number of terminal acetylenes is 1. The zero-order valence-corrected chi connectivity index (χ0v) is 18.9. The minimum Gasteiger partial charge on any atom is -0.481 e. The van der Waals surface area contributed by atoms with Gasteiger partial charge in [0.1, 0.15) is 12.1 Å². The van der Waals surface area contributed by atoms with Crippen molar-refractivity contribution in [2.75, 3.05) is 9.66 Å². The first-order valence-corrected chi connectivity index (χ1v) is 10.3. The molecule has 0 fully saturated rings. The van der Waals surface area contributed by atoms with Crippen molar-refractivity contribution in [3.63, 3.8) is 0 Å². The summed E-state index contributed by atoms with van der Waals surface area (Å²) >= 11 is 2.01. The quantitative estimate of drug-likeness (QED) is 0.134. The van der Waals surface area contributed by atoms with Crippen molar-refractivity contribution in [3.05, 3.63) is 29.8 Å². The van der Waals surface area contributed by atoms with Crippen LogP contribution in [-0.4, -0.2) is 63.7 Å². The second kappa shape index (κ2) is 13.2. The van der Waals surface area contributed by atoms with Gasteiger partial charge >= 0.3 is 17.9 Å². The average Bonchev–Trinajstić information content (AvgIpc) is 2.73. The number of halogens is 1. The Morgan fingerprint density at radius 2 is 1.47 bits per heavy atom. The molecule has 0 aromatic heterocycles. The number of nitrogens with one attached hydrogen (secondary N) is 2. The minimum atomic E-state index is -1.41. The third-order valence-electron chi connectivity index (χ3n) is 4.18. The summed E-state index contributed by atoms with van der Waals surface area (Å²) in [5.41, 5.74) is 0.956. The van der Waals surface area contributed by atoms with Crippen LogP contribution in [0.15, 0.2) is 24.3 Å². The lowest BCUT2D eigenvalue weighted by molar-refractivity contribution is -0.143. The number of carboxylic acid groups (broad SMARTS) is 3. The van der Waals surface area contributed by atoms with Crippen LogP contribution in [-0.2, 0) is 19.2 Å². The highest BCUT2D eigenvalue weighted by atomic mass is 127. The molecule has 0 saturated carbocycles. The van der Waals surface area contributed by atoms with E-state index in [0.29, 0.717) is 6.54 Å². The van der Waals surface area contributed by atoms with E-state index in [1.807, 2.05) is 22.9 Å². The molecule has 0 aliphatic heterocycles. The van der Waals surface area contributed by atoms with Gasteiger partial charge in [0.2, 0.25) is 5.91 Å². The number of rotatable bonds is 13. The van der Waals surface area contributed by atoms with E-state index in [9.17, 15) is 29.1 Å². The summed E-state index contributed by atoms with van der Waals surface area (Å²) in [6.07, 6.45) is 3.80. The van der Waals surface area contributed by atoms with E-state index in [2.05, 4.69) is 16.6 Å². The first-order valence-electron chi connectivity index (χ1n) is 9.29. The summed E-state index contributed by atoms with van der Waals surface area (Å²) in [6, 6.07) is 3.48. The SMILES string of the molecule is C#CCN(I)c1ccc(C(=O)N[C@@H](CCC(=O)N[C@H](CCC(=O)O)C(=O)O)C(=O)O)cc1. The van der Waals surface area contributed by atoms with Gasteiger partial charge in [-0.05, 0) is 37.1 Å². The van der Waals surface area contributed by atoms with Gasteiger partial charge in [-0.3, -0.25) is 14.4 Å². The number of benzene rings is 1. The first kappa shape index (κ1) is 26.7. The molecule has 172 valence electrons. The maximum absolute atomic E-state index is 12.4. The normalized spacial score (nSPS) is 12.0. The maximum atomic E-state index is 12.4. The number of hydrogen-bond acceptors (Lipinski definition) is 6. The average molecular weight is 559 g/mol. The Morgan fingerprint density at radius 3 is 1.97 bits per heavy atom. The topological polar surface area (TPSA) is 173 Å². The highest BCUT2D eigenvalue weighted by molar-refractivity contribution is 14.1. The van der Waals surface area contributed by atoms with Gasteiger partial charge < -0.3 is 29.1 Å².